The first-order chi connectivity index (χ1) is 13.5. The molecule has 2 heterocycles. The predicted octanol–water partition coefficient (Wildman–Crippen LogP) is 4.12. The Morgan fingerprint density at radius 2 is 1.75 bits per heavy atom. The number of hydrogen-bond donors (Lipinski definition) is 0. The molecule has 0 saturated carbocycles. The minimum atomic E-state index is -0.226. The Labute approximate surface area is 166 Å². The van der Waals surface area contributed by atoms with Crippen molar-refractivity contribution < 1.29 is 4.39 Å². The molecule has 0 N–H and O–H groups in total. The molecule has 1 aliphatic heterocycles. The van der Waals surface area contributed by atoms with Crippen molar-refractivity contribution in [1.82, 2.24) is 19.6 Å². The van der Waals surface area contributed by atoms with Gasteiger partial charge in [0.25, 0.3) is 0 Å². The van der Waals surface area contributed by atoms with E-state index < -0.39 is 0 Å². The van der Waals surface area contributed by atoms with E-state index in [0.29, 0.717) is 6.04 Å². The third-order valence-corrected chi connectivity index (χ3v) is 5.64. The fourth-order valence-electron chi connectivity index (χ4n) is 3.71. The minimum Gasteiger partial charge on any atom is -0.301 e. The van der Waals surface area contributed by atoms with Crippen LogP contribution in [0.15, 0.2) is 54.7 Å². The second-order valence-electron chi connectivity index (χ2n) is 7.85. The van der Waals surface area contributed by atoms with Gasteiger partial charge < -0.3 is 4.90 Å². The molecule has 2 aromatic carbocycles. The third kappa shape index (κ3) is 4.01. The van der Waals surface area contributed by atoms with Crippen molar-refractivity contribution in [3.05, 3.63) is 71.7 Å². The summed E-state index contributed by atoms with van der Waals surface area (Å²) in [5.41, 5.74) is 5.30. The first-order valence-electron chi connectivity index (χ1n) is 9.84. The van der Waals surface area contributed by atoms with E-state index in [1.54, 1.807) is 0 Å². The molecule has 146 valence electrons. The maximum absolute atomic E-state index is 13.4. The van der Waals surface area contributed by atoms with Gasteiger partial charge in [-0.2, -0.15) is 5.10 Å². The molecule has 0 amide bonds. The van der Waals surface area contributed by atoms with Gasteiger partial charge in [-0.15, -0.1) is 0 Å². The maximum atomic E-state index is 13.4. The van der Waals surface area contributed by atoms with E-state index in [1.807, 2.05) is 16.8 Å². The average molecular weight is 378 g/mol. The fraction of sp³-hybridized carbons (Fsp3) is 0.348. The molecule has 5 heteroatoms. The number of nitrogens with zero attached hydrogens (tertiary/aromatic N) is 4. The van der Waals surface area contributed by atoms with Crippen molar-refractivity contribution in [3.63, 3.8) is 0 Å². The number of piperazine rings is 1. The van der Waals surface area contributed by atoms with Crippen molar-refractivity contribution in [2.45, 2.75) is 26.4 Å². The summed E-state index contributed by atoms with van der Waals surface area (Å²) in [4.78, 5) is 4.88. The monoisotopic (exact) mass is 378 g/mol. The summed E-state index contributed by atoms with van der Waals surface area (Å²) >= 11 is 0. The second-order valence-corrected chi connectivity index (χ2v) is 7.85. The number of aromatic nitrogens is 2. The van der Waals surface area contributed by atoms with Gasteiger partial charge >= 0.3 is 0 Å². The number of aryl methyl sites for hydroxylation is 1. The highest BCUT2D eigenvalue weighted by molar-refractivity contribution is 5.63. The quantitative estimate of drug-likeness (QED) is 0.682. The minimum absolute atomic E-state index is 0.226. The van der Waals surface area contributed by atoms with Gasteiger partial charge in [0.05, 0.1) is 11.4 Å². The molecule has 0 radical (unpaired) electrons. The Hall–Kier alpha value is -2.50. The molecular formula is C23H27FN4. The van der Waals surface area contributed by atoms with Crippen molar-refractivity contribution in [2.75, 3.05) is 26.7 Å². The highest BCUT2D eigenvalue weighted by atomic mass is 19.1. The molecule has 4 nitrogen and oxygen atoms in total. The third-order valence-electron chi connectivity index (χ3n) is 5.64. The first kappa shape index (κ1) is 18.8. The van der Waals surface area contributed by atoms with Gasteiger partial charge in [-0.3, -0.25) is 4.90 Å². The molecular weight excluding hydrogens is 351 g/mol. The van der Waals surface area contributed by atoms with Gasteiger partial charge in [0.1, 0.15) is 5.82 Å². The second kappa shape index (κ2) is 7.86. The topological polar surface area (TPSA) is 24.3 Å². The molecule has 28 heavy (non-hydrogen) atoms. The highest BCUT2D eigenvalue weighted by Gasteiger charge is 2.23. The van der Waals surface area contributed by atoms with Crippen LogP contribution in [0.4, 0.5) is 4.39 Å². The first-order valence-corrected chi connectivity index (χ1v) is 9.84. The van der Waals surface area contributed by atoms with Crippen LogP contribution < -0.4 is 0 Å². The summed E-state index contributed by atoms with van der Waals surface area (Å²) in [6.07, 6.45) is 2.12. The maximum Gasteiger partial charge on any atom is 0.123 e. The van der Waals surface area contributed by atoms with Crippen molar-refractivity contribution in [1.29, 1.82) is 0 Å². The molecule has 1 unspecified atom stereocenters. The zero-order valence-corrected chi connectivity index (χ0v) is 16.8. The zero-order chi connectivity index (χ0) is 19.7. The number of halogens is 1. The van der Waals surface area contributed by atoms with Gasteiger partial charge in [-0.25, -0.2) is 9.07 Å². The Morgan fingerprint density at radius 3 is 2.43 bits per heavy atom. The van der Waals surface area contributed by atoms with Crippen LogP contribution in [0, 0.1) is 12.7 Å². The van der Waals surface area contributed by atoms with Crippen LogP contribution in [0.3, 0.4) is 0 Å². The molecule has 0 spiro atoms. The molecule has 1 atom stereocenters. The van der Waals surface area contributed by atoms with Crippen LogP contribution in [0.25, 0.3) is 16.9 Å². The largest absolute Gasteiger partial charge is 0.301 e. The molecule has 3 aromatic rings. The zero-order valence-electron chi connectivity index (χ0n) is 16.8. The van der Waals surface area contributed by atoms with E-state index in [2.05, 4.69) is 61.2 Å². The summed E-state index contributed by atoms with van der Waals surface area (Å²) in [6, 6.07) is 15.5. The lowest BCUT2D eigenvalue weighted by molar-refractivity contribution is 0.100. The van der Waals surface area contributed by atoms with Crippen LogP contribution in [0.1, 0.15) is 18.1 Å². The van der Waals surface area contributed by atoms with Crippen LogP contribution in [-0.4, -0.2) is 52.3 Å². The Balaban J connectivity index is 1.68. The standard InChI is InChI=1S/C23H27FN4/c1-17-4-10-22(11-5-17)28-16-20(15-27-13-12-26(3)18(2)14-27)23(25-28)19-6-8-21(24)9-7-19/h4-11,16,18H,12-15H2,1-3H3. The number of rotatable bonds is 4. The average Bonchev–Trinajstić information content (AvgIpc) is 3.09. The number of benzene rings is 2. The molecule has 1 aromatic heterocycles. The van der Waals surface area contributed by atoms with E-state index in [-0.39, 0.29) is 5.82 Å². The van der Waals surface area contributed by atoms with E-state index in [1.165, 1.54) is 23.3 Å². The lowest BCUT2D eigenvalue weighted by atomic mass is 10.1. The molecule has 0 aliphatic carbocycles. The van der Waals surface area contributed by atoms with Crippen LogP contribution in [0.5, 0.6) is 0 Å². The predicted molar refractivity (Wildman–Crippen MR) is 111 cm³/mol. The molecule has 1 aliphatic rings. The van der Waals surface area contributed by atoms with E-state index in [4.69, 9.17) is 5.10 Å². The van der Waals surface area contributed by atoms with Gasteiger partial charge in [-0.1, -0.05) is 17.7 Å². The summed E-state index contributed by atoms with van der Waals surface area (Å²) in [5, 5.41) is 4.87. The van der Waals surface area contributed by atoms with Crippen LogP contribution >= 0.6 is 0 Å². The van der Waals surface area contributed by atoms with Crippen LogP contribution in [-0.2, 0) is 6.54 Å². The number of hydrogen-bond acceptors (Lipinski definition) is 3. The molecule has 1 saturated heterocycles. The fourth-order valence-corrected chi connectivity index (χ4v) is 3.71. The van der Waals surface area contributed by atoms with Gasteiger partial charge in [0, 0.05) is 49.5 Å². The smallest absolute Gasteiger partial charge is 0.123 e. The van der Waals surface area contributed by atoms with Gasteiger partial charge in [-0.05, 0) is 57.3 Å². The van der Waals surface area contributed by atoms with E-state index in [0.717, 1.165) is 43.1 Å². The summed E-state index contributed by atoms with van der Waals surface area (Å²) in [5.74, 6) is -0.226. The Bertz CT molecular complexity index is 930. The van der Waals surface area contributed by atoms with Crippen molar-refractivity contribution >= 4 is 0 Å². The lowest BCUT2D eigenvalue weighted by Crippen LogP contribution is -2.49. The Kier molecular flexibility index (Phi) is 5.29. The molecule has 1 fully saturated rings. The van der Waals surface area contributed by atoms with Gasteiger partial charge in [0.15, 0.2) is 0 Å². The lowest BCUT2D eigenvalue weighted by Gasteiger charge is -2.37. The SMILES string of the molecule is Cc1ccc(-n2cc(CN3CCN(C)C(C)C3)c(-c3ccc(F)cc3)n2)cc1. The Morgan fingerprint density at radius 1 is 1.04 bits per heavy atom. The summed E-state index contributed by atoms with van der Waals surface area (Å²) in [6.45, 7) is 8.34. The van der Waals surface area contributed by atoms with E-state index >= 15 is 0 Å². The normalized spacial score (nSPS) is 18.5. The summed E-state index contributed by atoms with van der Waals surface area (Å²) < 4.78 is 15.4. The summed E-state index contributed by atoms with van der Waals surface area (Å²) in [7, 11) is 2.18. The van der Waals surface area contributed by atoms with Crippen molar-refractivity contribution in [3.8, 4) is 16.9 Å². The van der Waals surface area contributed by atoms with Crippen LogP contribution in [0.2, 0.25) is 0 Å². The highest BCUT2D eigenvalue weighted by Crippen LogP contribution is 2.26. The van der Waals surface area contributed by atoms with Gasteiger partial charge in [0.2, 0.25) is 0 Å². The van der Waals surface area contributed by atoms with Crippen molar-refractivity contribution in [2.24, 2.45) is 0 Å². The molecule has 0 bridgehead atoms. The molecule has 4 rings (SSSR count). The van der Waals surface area contributed by atoms with E-state index in [9.17, 15) is 4.39 Å². The number of likely N-dealkylation sites (N-methyl/N-ethyl adjacent to an activating group) is 1.